The summed E-state index contributed by atoms with van der Waals surface area (Å²) in [6, 6.07) is 22.3. The van der Waals surface area contributed by atoms with Gasteiger partial charge in [0.1, 0.15) is 18.0 Å². The predicted octanol–water partition coefficient (Wildman–Crippen LogP) is 4.33. The molecule has 2 N–H and O–H groups in total. The van der Waals surface area contributed by atoms with E-state index in [4.69, 9.17) is 9.47 Å². The molecule has 0 aromatic heterocycles. The molecule has 0 radical (unpaired) electrons. The van der Waals surface area contributed by atoms with Crippen molar-refractivity contribution in [2.45, 2.75) is 0 Å². The fraction of sp³-hybridized carbons (Fsp3) is 0.200. The highest BCUT2D eigenvalue weighted by Crippen LogP contribution is 2.34. The lowest BCUT2D eigenvalue weighted by Gasteiger charge is -2.21. The Balaban J connectivity index is 1.35. The minimum Gasteiger partial charge on any atom is -0.497 e. The molecule has 1 aliphatic rings. The van der Waals surface area contributed by atoms with Crippen LogP contribution in [0.5, 0.6) is 11.5 Å². The highest BCUT2D eigenvalue weighted by Gasteiger charge is 2.32. The van der Waals surface area contributed by atoms with Gasteiger partial charge in [0.05, 0.1) is 19.9 Å². The molecule has 3 amide bonds. The molecule has 4 rings (SSSR count). The van der Waals surface area contributed by atoms with Gasteiger partial charge in [0.25, 0.3) is 0 Å². The number of benzene rings is 3. The number of hydrogen-bond acceptors (Lipinski definition) is 5. The number of amides is 3. The molecule has 0 unspecified atom stereocenters. The molecule has 3 aromatic carbocycles. The zero-order chi connectivity index (χ0) is 23.2. The lowest BCUT2D eigenvalue weighted by molar-refractivity contribution is -0.116. The van der Waals surface area contributed by atoms with Gasteiger partial charge in [-0.25, -0.2) is 4.79 Å². The Labute approximate surface area is 192 Å². The number of carbonyl (C=O) groups is 2. The average Bonchev–Trinajstić information content (AvgIpc) is 3.20. The second-order valence-corrected chi connectivity index (χ2v) is 7.51. The summed E-state index contributed by atoms with van der Waals surface area (Å²) in [5.41, 5.74) is 3.18. The van der Waals surface area contributed by atoms with E-state index >= 15 is 0 Å². The van der Waals surface area contributed by atoms with Gasteiger partial charge >= 0.3 is 6.03 Å². The van der Waals surface area contributed by atoms with Gasteiger partial charge in [-0.2, -0.15) is 0 Å². The summed E-state index contributed by atoms with van der Waals surface area (Å²) < 4.78 is 10.7. The van der Waals surface area contributed by atoms with Crippen LogP contribution in [0.2, 0.25) is 0 Å². The molecule has 8 heteroatoms. The van der Waals surface area contributed by atoms with Gasteiger partial charge in [-0.15, -0.1) is 0 Å². The third kappa shape index (κ3) is 5.17. The first kappa shape index (κ1) is 22.0. The van der Waals surface area contributed by atoms with Crippen molar-refractivity contribution in [3.05, 3.63) is 72.8 Å². The summed E-state index contributed by atoms with van der Waals surface area (Å²) in [6.45, 7) is 0.855. The Hall–Kier alpha value is -4.20. The monoisotopic (exact) mass is 446 g/mol. The second-order valence-electron chi connectivity index (χ2n) is 7.51. The van der Waals surface area contributed by atoms with Crippen LogP contribution in [0.15, 0.2) is 72.8 Å². The van der Waals surface area contributed by atoms with Gasteiger partial charge < -0.3 is 25.0 Å². The molecule has 0 aliphatic carbocycles. The number of nitrogens with one attached hydrogen (secondary N) is 2. The van der Waals surface area contributed by atoms with E-state index in [-0.39, 0.29) is 18.5 Å². The Morgan fingerprint density at radius 2 is 1.58 bits per heavy atom. The third-order valence-corrected chi connectivity index (χ3v) is 5.34. The van der Waals surface area contributed by atoms with Crippen molar-refractivity contribution in [2.24, 2.45) is 0 Å². The van der Waals surface area contributed by atoms with Gasteiger partial charge in [0, 0.05) is 36.2 Å². The van der Waals surface area contributed by atoms with Gasteiger partial charge in [-0.1, -0.05) is 18.2 Å². The summed E-state index contributed by atoms with van der Waals surface area (Å²) in [7, 11) is 3.12. The van der Waals surface area contributed by atoms with Gasteiger partial charge in [-0.3, -0.25) is 9.69 Å². The van der Waals surface area contributed by atoms with Crippen LogP contribution in [-0.4, -0.2) is 50.7 Å². The summed E-state index contributed by atoms with van der Waals surface area (Å²) in [4.78, 5) is 28.6. The smallest absolute Gasteiger partial charge is 0.325 e. The van der Waals surface area contributed by atoms with Crippen molar-refractivity contribution in [3.8, 4) is 11.5 Å². The highest BCUT2D eigenvalue weighted by atomic mass is 16.5. The molecule has 0 saturated carbocycles. The van der Waals surface area contributed by atoms with E-state index in [0.29, 0.717) is 36.0 Å². The zero-order valence-corrected chi connectivity index (χ0v) is 18.6. The standard InChI is InChI=1S/C25H26N4O4/c1-32-21-12-13-23(33-2)22(16-21)29-15-14-28(25(29)31)17-24(30)27-20-10-8-19(9-11-20)26-18-6-4-3-5-7-18/h3-13,16,26H,14-15,17H2,1-2H3,(H,27,30). The van der Waals surface area contributed by atoms with Gasteiger partial charge in [-0.05, 0) is 48.5 Å². The molecule has 0 spiro atoms. The predicted molar refractivity (Wildman–Crippen MR) is 129 cm³/mol. The maximum atomic E-state index is 12.9. The minimum atomic E-state index is -0.258. The molecular weight excluding hydrogens is 420 g/mol. The number of anilines is 4. The maximum Gasteiger partial charge on any atom is 0.325 e. The second kappa shape index (κ2) is 9.95. The van der Waals surface area contributed by atoms with Crippen LogP contribution in [0.25, 0.3) is 0 Å². The van der Waals surface area contributed by atoms with E-state index in [0.717, 1.165) is 11.4 Å². The normalized spacial score (nSPS) is 13.1. The highest BCUT2D eigenvalue weighted by molar-refractivity contribution is 6.00. The molecule has 0 bridgehead atoms. The number of rotatable bonds is 8. The largest absolute Gasteiger partial charge is 0.497 e. The van der Waals surface area contributed by atoms with Crippen LogP contribution < -0.4 is 25.0 Å². The fourth-order valence-corrected chi connectivity index (χ4v) is 3.66. The van der Waals surface area contributed by atoms with Crippen LogP contribution in [-0.2, 0) is 4.79 Å². The molecular formula is C25H26N4O4. The fourth-order valence-electron chi connectivity index (χ4n) is 3.66. The quantitative estimate of drug-likeness (QED) is 0.538. The lowest BCUT2D eigenvalue weighted by Crippen LogP contribution is -2.37. The summed E-state index contributed by atoms with van der Waals surface area (Å²) >= 11 is 0. The molecule has 1 fully saturated rings. The van der Waals surface area contributed by atoms with Crippen LogP contribution >= 0.6 is 0 Å². The Morgan fingerprint density at radius 1 is 0.879 bits per heavy atom. The molecule has 1 heterocycles. The molecule has 0 atom stereocenters. The average molecular weight is 447 g/mol. The van der Waals surface area contributed by atoms with E-state index in [2.05, 4.69) is 10.6 Å². The van der Waals surface area contributed by atoms with E-state index in [1.54, 1.807) is 37.3 Å². The van der Waals surface area contributed by atoms with Crippen molar-refractivity contribution in [2.75, 3.05) is 49.4 Å². The molecule has 3 aromatic rings. The maximum absolute atomic E-state index is 12.9. The summed E-state index contributed by atoms with van der Waals surface area (Å²) in [5.74, 6) is 0.936. The SMILES string of the molecule is COc1ccc(OC)c(N2CCN(CC(=O)Nc3ccc(Nc4ccccc4)cc3)C2=O)c1. The molecule has 33 heavy (non-hydrogen) atoms. The van der Waals surface area contributed by atoms with Crippen LogP contribution in [0, 0.1) is 0 Å². The third-order valence-electron chi connectivity index (χ3n) is 5.34. The Bertz CT molecular complexity index is 1120. The van der Waals surface area contributed by atoms with Crippen molar-refractivity contribution in [1.29, 1.82) is 0 Å². The summed E-state index contributed by atoms with van der Waals surface area (Å²) in [5, 5.41) is 6.15. The number of urea groups is 1. The van der Waals surface area contributed by atoms with E-state index in [1.807, 2.05) is 54.6 Å². The van der Waals surface area contributed by atoms with E-state index < -0.39 is 0 Å². The number of ether oxygens (including phenoxy) is 2. The van der Waals surface area contributed by atoms with Crippen LogP contribution in [0.4, 0.5) is 27.5 Å². The minimum absolute atomic E-state index is 0.0361. The lowest BCUT2D eigenvalue weighted by atomic mass is 10.2. The number of para-hydroxylation sites is 1. The molecule has 1 aliphatic heterocycles. The van der Waals surface area contributed by atoms with Crippen LogP contribution in [0.3, 0.4) is 0 Å². The number of methoxy groups -OCH3 is 2. The van der Waals surface area contributed by atoms with E-state index in [1.165, 1.54) is 4.90 Å². The zero-order valence-electron chi connectivity index (χ0n) is 18.6. The number of nitrogens with zero attached hydrogens (tertiary/aromatic N) is 2. The Kier molecular flexibility index (Phi) is 6.64. The topological polar surface area (TPSA) is 83.1 Å². The first-order valence-corrected chi connectivity index (χ1v) is 10.6. The molecule has 1 saturated heterocycles. The van der Waals surface area contributed by atoms with Crippen molar-refractivity contribution >= 4 is 34.7 Å². The van der Waals surface area contributed by atoms with Crippen LogP contribution in [0.1, 0.15) is 0 Å². The van der Waals surface area contributed by atoms with Crippen molar-refractivity contribution in [3.63, 3.8) is 0 Å². The summed E-state index contributed by atoms with van der Waals surface area (Å²) in [6.07, 6.45) is 0. The first-order chi connectivity index (χ1) is 16.1. The first-order valence-electron chi connectivity index (χ1n) is 10.6. The van der Waals surface area contributed by atoms with E-state index in [9.17, 15) is 9.59 Å². The Morgan fingerprint density at radius 3 is 2.27 bits per heavy atom. The number of carbonyl (C=O) groups excluding carboxylic acids is 2. The number of hydrogen-bond donors (Lipinski definition) is 2. The van der Waals surface area contributed by atoms with Gasteiger partial charge in [0.15, 0.2) is 0 Å². The van der Waals surface area contributed by atoms with Gasteiger partial charge in [0.2, 0.25) is 5.91 Å². The molecule has 8 nitrogen and oxygen atoms in total. The molecule has 170 valence electrons. The van der Waals surface area contributed by atoms with Crippen molar-refractivity contribution < 1.29 is 19.1 Å². The van der Waals surface area contributed by atoms with Crippen molar-refractivity contribution in [1.82, 2.24) is 4.90 Å².